The number of hydrogen-bond acceptors (Lipinski definition) is 3. The number of carbonyl (C=O) groups is 2. The van der Waals surface area contributed by atoms with Gasteiger partial charge in [0.1, 0.15) is 0 Å². The molecular formula is C20H28N4O2. The normalized spacial score (nSPS) is 33.3. The number of aromatic nitrogens is 2. The molecule has 1 N–H and O–H groups in total. The minimum atomic E-state index is -0.224. The molecule has 1 unspecified atom stereocenters. The average molecular weight is 356 g/mol. The van der Waals surface area contributed by atoms with Crippen molar-refractivity contribution < 1.29 is 9.59 Å². The van der Waals surface area contributed by atoms with Crippen molar-refractivity contribution in [2.24, 2.45) is 17.9 Å². The minimum Gasteiger partial charge on any atom is -0.349 e. The van der Waals surface area contributed by atoms with Gasteiger partial charge in [0, 0.05) is 32.4 Å². The predicted molar refractivity (Wildman–Crippen MR) is 98.4 cm³/mol. The molecule has 0 bridgehead atoms. The van der Waals surface area contributed by atoms with Crippen LogP contribution < -0.4 is 5.32 Å². The molecular weight excluding hydrogens is 328 g/mol. The van der Waals surface area contributed by atoms with Crippen molar-refractivity contribution >= 4 is 11.8 Å². The lowest BCUT2D eigenvalue weighted by atomic mass is 9.65. The van der Waals surface area contributed by atoms with E-state index >= 15 is 0 Å². The zero-order chi connectivity index (χ0) is 18.4. The first-order valence-corrected chi connectivity index (χ1v) is 9.63. The Morgan fingerprint density at radius 1 is 1.27 bits per heavy atom. The fourth-order valence-electron chi connectivity index (χ4n) is 4.88. The highest BCUT2D eigenvalue weighted by molar-refractivity contribution is 5.94. The highest BCUT2D eigenvalue weighted by Gasteiger charge is 2.51. The Kier molecular flexibility index (Phi) is 4.16. The second kappa shape index (κ2) is 6.25. The van der Waals surface area contributed by atoms with Gasteiger partial charge >= 0.3 is 0 Å². The van der Waals surface area contributed by atoms with Crippen molar-refractivity contribution in [1.29, 1.82) is 0 Å². The SMILES string of the molecule is Cn1cc(C(=O)NC2CC3(CCN(C(=O)C4(C)CC=CCC4)C3)C2)cn1. The largest absolute Gasteiger partial charge is 0.349 e. The van der Waals surface area contributed by atoms with Crippen LogP contribution in [0.3, 0.4) is 0 Å². The molecule has 1 spiro atoms. The smallest absolute Gasteiger partial charge is 0.254 e. The van der Waals surface area contributed by atoms with Crippen LogP contribution >= 0.6 is 0 Å². The molecule has 2 heterocycles. The molecule has 2 aliphatic carbocycles. The Hall–Kier alpha value is -2.11. The van der Waals surface area contributed by atoms with Crippen LogP contribution in [0.2, 0.25) is 0 Å². The van der Waals surface area contributed by atoms with Crippen LogP contribution in [0.15, 0.2) is 24.5 Å². The van der Waals surface area contributed by atoms with E-state index in [2.05, 4.69) is 34.4 Å². The Labute approximate surface area is 154 Å². The highest BCUT2D eigenvalue weighted by atomic mass is 16.2. The van der Waals surface area contributed by atoms with E-state index in [1.54, 1.807) is 17.1 Å². The molecule has 26 heavy (non-hydrogen) atoms. The van der Waals surface area contributed by atoms with E-state index in [1.165, 1.54) is 0 Å². The zero-order valence-corrected chi connectivity index (χ0v) is 15.7. The number of rotatable bonds is 3. The number of nitrogens with zero attached hydrogens (tertiary/aromatic N) is 3. The van der Waals surface area contributed by atoms with Gasteiger partial charge in [-0.1, -0.05) is 19.1 Å². The fraction of sp³-hybridized carbons (Fsp3) is 0.650. The molecule has 0 aromatic carbocycles. The summed E-state index contributed by atoms with van der Waals surface area (Å²) in [7, 11) is 1.81. The van der Waals surface area contributed by atoms with Gasteiger partial charge in [-0.2, -0.15) is 5.10 Å². The van der Waals surface area contributed by atoms with Crippen LogP contribution in [0.4, 0.5) is 0 Å². The monoisotopic (exact) mass is 356 g/mol. The molecule has 3 aliphatic rings. The lowest BCUT2D eigenvalue weighted by Gasteiger charge is -2.45. The van der Waals surface area contributed by atoms with E-state index in [0.717, 1.165) is 51.6 Å². The van der Waals surface area contributed by atoms with Crippen LogP contribution in [0.5, 0.6) is 0 Å². The number of aryl methyl sites for hydroxylation is 1. The summed E-state index contributed by atoms with van der Waals surface area (Å²) in [5.41, 5.74) is 0.594. The number of likely N-dealkylation sites (tertiary alicyclic amines) is 1. The maximum atomic E-state index is 13.0. The van der Waals surface area contributed by atoms with Crippen LogP contribution in [0.25, 0.3) is 0 Å². The van der Waals surface area contributed by atoms with Crippen LogP contribution in [-0.4, -0.2) is 45.6 Å². The van der Waals surface area contributed by atoms with Crippen LogP contribution in [-0.2, 0) is 11.8 Å². The second-order valence-corrected chi connectivity index (χ2v) is 8.73. The molecule has 2 amide bonds. The van der Waals surface area contributed by atoms with Crippen molar-refractivity contribution in [2.45, 2.75) is 51.5 Å². The van der Waals surface area contributed by atoms with Gasteiger partial charge in [0.15, 0.2) is 0 Å². The van der Waals surface area contributed by atoms with Gasteiger partial charge in [0.05, 0.1) is 17.2 Å². The Morgan fingerprint density at radius 2 is 2.08 bits per heavy atom. The average Bonchev–Trinajstić information content (AvgIpc) is 3.21. The van der Waals surface area contributed by atoms with Gasteiger partial charge in [-0.3, -0.25) is 14.3 Å². The maximum absolute atomic E-state index is 13.0. The molecule has 0 radical (unpaired) electrons. The van der Waals surface area contributed by atoms with E-state index < -0.39 is 0 Å². The second-order valence-electron chi connectivity index (χ2n) is 8.73. The Morgan fingerprint density at radius 3 is 2.73 bits per heavy atom. The molecule has 6 nitrogen and oxygen atoms in total. The van der Waals surface area contributed by atoms with Gasteiger partial charge in [-0.25, -0.2) is 0 Å². The first-order chi connectivity index (χ1) is 12.4. The predicted octanol–water partition coefficient (Wildman–Crippen LogP) is 2.28. The van der Waals surface area contributed by atoms with Crippen molar-refractivity contribution in [3.05, 3.63) is 30.1 Å². The van der Waals surface area contributed by atoms with Crippen LogP contribution in [0, 0.1) is 10.8 Å². The lowest BCUT2D eigenvalue weighted by molar-refractivity contribution is -0.141. The number of carbonyl (C=O) groups excluding carboxylic acids is 2. The summed E-state index contributed by atoms with van der Waals surface area (Å²) in [5, 5.41) is 7.15. The molecule has 6 heteroatoms. The number of nitrogens with one attached hydrogen (secondary N) is 1. The quantitative estimate of drug-likeness (QED) is 0.845. The topological polar surface area (TPSA) is 67.2 Å². The van der Waals surface area contributed by atoms with E-state index in [9.17, 15) is 9.59 Å². The summed E-state index contributed by atoms with van der Waals surface area (Å²) in [4.78, 5) is 27.3. The molecule has 1 saturated carbocycles. The summed E-state index contributed by atoms with van der Waals surface area (Å²) in [6, 6.07) is 0.214. The summed E-state index contributed by atoms with van der Waals surface area (Å²) >= 11 is 0. The van der Waals surface area contributed by atoms with Crippen molar-refractivity contribution in [2.75, 3.05) is 13.1 Å². The molecule has 4 rings (SSSR count). The van der Waals surface area contributed by atoms with E-state index in [1.807, 2.05) is 7.05 Å². The molecule has 2 fully saturated rings. The zero-order valence-electron chi connectivity index (χ0n) is 15.7. The van der Waals surface area contributed by atoms with Gasteiger partial charge in [-0.05, 0) is 43.9 Å². The third-order valence-electron chi connectivity index (χ3n) is 6.50. The Balaban J connectivity index is 1.30. The molecule has 140 valence electrons. The van der Waals surface area contributed by atoms with Crippen LogP contribution in [0.1, 0.15) is 55.8 Å². The first kappa shape index (κ1) is 17.3. The summed E-state index contributed by atoms with van der Waals surface area (Å²) in [6.45, 7) is 3.83. The summed E-state index contributed by atoms with van der Waals surface area (Å²) < 4.78 is 1.64. The molecule has 1 aromatic heterocycles. The van der Waals surface area contributed by atoms with Crippen molar-refractivity contribution in [3.63, 3.8) is 0 Å². The number of amides is 2. The third kappa shape index (κ3) is 3.06. The molecule has 1 atom stereocenters. The van der Waals surface area contributed by atoms with Gasteiger partial charge in [0.2, 0.25) is 5.91 Å². The van der Waals surface area contributed by atoms with Gasteiger partial charge in [-0.15, -0.1) is 0 Å². The fourth-order valence-corrected chi connectivity index (χ4v) is 4.88. The molecule has 1 saturated heterocycles. The highest BCUT2D eigenvalue weighted by Crippen LogP contribution is 2.49. The molecule has 1 aliphatic heterocycles. The van der Waals surface area contributed by atoms with Crippen molar-refractivity contribution in [1.82, 2.24) is 20.0 Å². The summed E-state index contributed by atoms with van der Waals surface area (Å²) in [6.07, 6.45) is 13.5. The van der Waals surface area contributed by atoms with E-state index in [0.29, 0.717) is 11.5 Å². The molecule has 1 aromatic rings. The van der Waals surface area contributed by atoms with Gasteiger partial charge in [0.25, 0.3) is 5.91 Å². The Bertz CT molecular complexity index is 747. The van der Waals surface area contributed by atoms with Gasteiger partial charge < -0.3 is 10.2 Å². The first-order valence-electron chi connectivity index (χ1n) is 9.63. The standard InChI is InChI=1S/C20H28N4O2/c1-19(6-4-3-5-7-19)18(26)24-9-8-20(14-24)10-16(11-20)22-17(25)15-12-21-23(2)13-15/h3-4,12-13,16H,5-11,14H2,1-2H3,(H,22,25). The maximum Gasteiger partial charge on any atom is 0.254 e. The number of hydrogen-bond donors (Lipinski definition) is 1. The minimum absolute atomic E-state index is 0.0506. The van der Waals surface area contributed by atoms with E-state index in [-0.39, 0.29) is 22.8 Å². The third-order valence-corrected chi connectivity index (χ3v) is 6.50. The lowest BCUT2D eigenvalue weighted by Crippen LogP contribution is -2.52. The van der Waals surface area contributed by atoms with E-state index in [4.69, 9.17) is 0 Å². The summed E-state index contributed by atoms with van der Waals surface area (Å²) in [5.74, 6) is 0.270. The van der Waals surface area contributed by atoms with Crippen molar-refractivity contribution in [3.8, 4) is 0 Å². The number of allylic oxidation sites excluding steroid dienone is 2.